The summed E-state index contributed by atoms with van der Waals surface area (Å²) in [5, 5.41) is 36.3. The maximum absolute atomic E-state index is 12.6. The zero-order valence-corrected chi connectivity index (χ0v) is 34.0. The predicted molar refractivity (Wildman–Crippen MR) is 215 cm³/mol. The van der Waals surface area contributed by atoms with Gasteiger partial charge in [-0.1, -0.05) is 24.3 Å². The van der Waals surface area contributed by atoms with Crippen molar-refractivity contribution >= 4 is 62.2 Å². The molecule has 3 aliphatic heterocycles. The van der Waals surface area contributed by atoms with E-state index < -0.39 is 30.0 Å². The van der Waals surface area contributed by atoms with Crippen molar-refractivity contribution in [2.45, 2.75) is 74.0 Å². The Bertz CT molecular complexity index is 2150. The van der Waals surface area contributed by atoms with Crippen molar-refractivity contribution in [3.05, 3.63) is 106 Å². The summed E-state index contributed by atoms with van der Waals surface area (Å²) in [6, 6.07) is 19.1. The molecule has 0 radical (unpaired) electrons. The van der Waals surface area contributed by atoms with Crippen LogP contribution < -0.4 is 36.1 Å². The van der Waals surface area contributed by atoms with Gasteiger partial charge in [0.05, 0.1) is 61.7 Å². The first-order valence-electron chi connectivity index (χ1n) is 18.1. The smallest absolute Gasteiger partial charge is 0.320 e. The Balaban J connectivity index is 0.000000167. The van der Waals surface area contributed by atoms with Gasteiger partial charge in [-0.05, 0) is 82.0 Å². The zero-order chi connectivity index (χ0) is 40.6. The summed E-state index contributed by atoms with van der Waals surface area (Å²) in [6.45, 7) is 0.608. The average Bonchev–Trinajstić information content (AvgIpc) is 4.03. The van der Waals surface area contributed by atoms with Crippen LogP contribution in [0, 0.1) is 0 Å². The summed E-state index contributed by atoms with van der Waals surface area (Å²) in [6.07, 6.45) is 1.89. The van der Waals surface area contributed by atoms with E-state index in [-0.39, 0.29) is 48.5 Å². The lowest BCUT2D eigenvalue weighted by Gasteiger charge is -2.32. The van der Waals surface area contributed by atoms with Gasteiger partial charge in [0.15, 0.2) is 5.72 Å². The lowest BCUT2D eigenvalue weighted by molar-refractivity contribution is -0.0717. The minimum Gasteiger partial charge on any atom is -0.497 e. The molecular formula is C38H41BrN8O8S2. The van der Waals surface area contributed by atoms with E-state index in [4.69, 9.17) is 9.47 Å². The fourth-order valence-corrected chi connectivity index (χ4v) is 9.16. The molecule has 0 spiro atoms. The molecule has 6 amide bonds. The molecule has 19 heteroatoms. The topological polar surface area (TPSA) is 200 Å². The molecule has 7 N–H and O–H groups in total. The Kier molecular flexibility index (Phi) is 11.6. The number of ether oxygens (including phenoxy) is 2. The number of amides is 6. The fourth-order valence-electron chi connectivity index (χ4n) is 8.57. The SMILES string of the molecule is COc1ccc(CN2C(=O)N[C@H]3[C@@H]4NC(=O)c5ccc(Br)n5[C@@H]4C[C@]32O)cc1.COc1ccc(CNC(=O)N[C@H]2[C@@H]3NC(=O)c4cccn4[C@@H]3C[C@H]2O)cc1.S=S. The van der Waals surface area contributed by atoms with Gasteiger partial charge < -0.3 is 55.4 Å². The number of hydrogen-bond donors (Lipinski definition) is 7. The minimum absolute atomic E-state index is 0.0745. The molecular weight excluding hydrogens is 841 g/mol. The summed E-state index contributed by atoms with van der Waals surface area (Å²) < 4.78 is 14.8. The predicted octanol–water partition coefficient (Wildman–Crippen LogP) is 2.38. The van der Waals surface area contributed by atoms with Gasteiger partial charge in [0.1, 0.15) is 28.9 Å². The van der Waals surface area contributed by atoms with Gasteiger partial charge in [-0.15, -0.1) is 0 Å². The van der Waals surface area contributed by atoms with Crippen molar-refractivity contribution in [3.63, 3.8) is 0 Å². The van der Waals surface area contributed by atoms with Crippen LogP contribution in [0.1, 0.15) is 57.0 Å². The number of aromatic nitrogens is 2. The van der Waals surface area contributed by atoms with Gasteiger partial charge in [-0.3, -0.25) is 14.5 Å². The lowest BCUT2D eigenvalue weighted by Crippen LogP contribution is -2.58. The Hall–Kier alpha value is -5.08. The van der Waals surface area contributed by atoms with Crippen LogP contribution in [0.5, 0.6) is 11.5 Å². The summed E-state index contributed by atoms with van der Waals surface area (Å²) >= 11 is 10.8. The van der Waals surface area contributed by atoms with Crippen LogP contribution in [0.4, 0.5) is 9.59 Å². The molecule has 8 atom stereocenters. The summed E-state index contributed by atoms with van der Waals surface area (Å²) in [5.41, 5.74) is 1.54. The Morgan fingerprint density at radius 1 is 0.877 bits per heavy atom. The van der Waals surface area contributed by atoms with Gasteiger partial charge >= 0.3 is 12.1 Å². The van der Waals surface area contributed by atoms with Crippen molar-refractivity contribution < 1.29 is 38.9 Å². The third kappa shape index (κ3) is 7.45. The molecule has 16 nitrogen and oxygen atoms in total. The van der Waals surface area contributed by atoms with Crippen molar-refractivity contribution in [1.82, 2.24) is 40.6 Å². The second-order valence-electron chi connectivity index (χ2n) is 14.3. The molecule has 9 rings (SSSR count). The quantitative estimate of drug-likeness (QED) is 0.145. The monoisotopic (exact) mass is 880 g/mol. The molecule has 4 aromatic rings. The number of urea groups is 2. The number of hydrogen-bond acceptors (Lipinski definition) is 10. The molecule has 2 aromatic heterocycles. The Labute approximate surface area is 346 Å². The normalized spacial score (nSPS) is 27.3. The number of methoxy groups -OCH3 is 2. The number of aliphatic hydroxyl groups is 2. The van der Waals surface area contributed by atoms with E-state index in [9.17, 15) is 29.4 Å². The number of nitrogens with zero attached hydrogens (tertiary/aromatic N) is 3. The van der Waals surface area contributed by atoms with Gasteiger partial charge in [-0.25, -0.2) is 9.59 Å². The second-order valence-corrected chi connectivity index (χ2v) is 15.1. The number of benzene rings is 2. The molecule has 2 aliphatic carbocycles. The van der Waals surface area contributed by atoms with Crippen LogP contribution in [-0.2, 0) is 35.5 Å². The van der Waals surface area contributed by atoms with E-state index in [0.717, 1.165) is 27.2 Å². The van der Waals surface area contributed by atoms with Crippen LogP contribution in [0.3, 0.4) is 0 Å². The van der Waals surface area contributed by atoms with Crippen LogP contribution in [-0.4, -0.2) is 98.3 Å². The standard InChI is InChI=1S/C19H19BrN4O4.C19H22N4O4.S2/c1-28-11-4-2-10(3-5-11)9-23-18(26)22-16-15-13(8-19(16,23)27)24-12(17(25)21-15)6-7-14(24)20;1-27-12-6-4-11(5-7-12)10-20-19(26)22-17-15(24)9-14-16(17)21-18(25)13-3-2-8-23(13)14;1-2/h2-7,13,15-16,27H,8-9H2,1H3,(H,21,25)(H,22,26);2-8,14-17,24H,9-10H2,1H3,(H,21,25)(H2,20,22,26);/t13-,15-,16+,19+;14-,15-,16-,17-;/m11./s1. The number of carbonyl (C=O) groups excluding carboxylic acids is 4. The maximum atomic E-state index is 12.6. The molecule has 300 valence electrons. The van der Waals surface area contributed by atoms with Crippen LogP contribution in [0.15, 0.2) is 83.6 Å². The van der Waals surface area contributed by atoms with Crippen molar-refractivity contribution in [2.24, 2.45) is 0 Å². The summed E-state index contributed by atoms with van der Waals surface area (Å²) in [7, 11) is 3.19. The largest absolute Gasteiger partial charge is 0.497 e. The highest BCUT2D eigenvalue weighted by molar-refractivity contribution is 9.10. The summed E-state index contributed by atoms with van der Waals surface area (Å²) in [5.74, 6) is 1.08. The first-order valence-corrected chi connectivity index (χ1v) is 20.2. The van der Waals surface area contributed by atoms with Gasteiger partial charge in [0.25, 0.3) is 11.8 Å². The third-order valence-electron chi connectivity index (χ3n) is 11.3. The van der Waals surface area contributed by atoms with Gasteiger partial charge in [0.2, 0.25) is 0 Å². The Morgan fingerprint density at radius 3 is 2.18 bits per heavy atom. The summed E-state index contributed by atoms with van der Waals surface area (Å²) in [4.78, 5) is 51.1. The van der Waals surface area contributed by atoms with Gasteiger partial charge in [-0.2, -0.15) is 0 Å². The third-order valence-corrected chi connectivity index (χ3v) is 11.9. The van der Waals surface area contributed by atoms with Crippen molar-refractivity contribution in [2.75, 3.05) is 14.2 Å². The highest BCUT2D eigenvalue weighted by atomic mass is 79.9. The second kappa shape index (κ2) is 16.4. The number of nitrogens with one attached hydrogen (secondary N) is 5. The van der Waals surface area contributed by atoms with Crippen LogP contribution >= 0.6 is 15.9 Å². The molecule has 3 fully saturated rings. The fraction of sp³-hybridized carbons (Fsp3) is 0.368. The van der Waals surface area contributed by atoms with Crippen molar-refractivity contribution in [1.29, 1.82) is 0 Å². The highest BCUT2D eigenvalue weighted by Crippen LogP contribution is 2.47. The molecule has 2 saturated carbocycles. The van der Waals surface area contributed by atoms with E-state index >= 15 is 0 Å². The molecule has 1 saturated heterocycles. The molecule has 5 heterocycles. The van der Waals surface area contributed by atoms with E-state index in [1.165, 1.54) is 4.90 Å². The van der Waals surface area contributed by atoms with Crippen LogP contribution in [0.25, 0.3) is 0 Å². The van der Waals surface area contributed by atoms with Crippen LogP contribution in [0.2, 0.25) is 0 Å². The molecule has 2 aromatic carbocycles. The Morgan fingerprint density at radius 2 is 1.51 bits per heavy atom. The highest BCUT2D eigenvalue weighted by Gasteiger charge is 2.64. The molecule has 0 unspecified atom stereocenters. The van der Waals surface area contributed by atoms with E-state index in [1.807, 2.05) is 76.0 Å². The number of rotatable bonds is 7. The average molecular weight is 882 g/mol. The van der Waals surface area contributed by atoms with Gasteiger partial charge in [0, 0.05) is 41.5 Å². The number of aliphatic hydroxyl groups excluding tert-OH is 1. The van der Waals surface area contributed by atoms with Crippen molar-refractivity contribution in [3.8, 4) is 11.5 Å². The first kappa shape index (κ1) is 40.1. The number of carbonyl (C=O) groups is 4. The molecule has 0 bridgehead atoms. The van der Waals surface area contributed by atoms with E-state index in [2.05, 4.69) is 64.9 Å². The molecule has 57 heavy (non-hydrogen) atoms. The zero-order valence-electron chi connectivity index (χ0n) is 30.8. The maximum Gasteiger partial charge on any atom is 0.320 e. The first-order chi connectivity index (χ1) is 27.5. The minimum atomic E-state index is -1.40. The lowest BCUT2D eigenvalue weighted by atomic mass is 10.0. The number of fused-ring (bicyclic) bond motifs is 8. The van der Waals surface area contributed by atoms with E-state index in [0.29, 0.717) is 30.8 Å². The molecule has 5 aliphatic rings. The number of halogens is 1. The van der Waals surface area contributed by atoms with E-state index in [1.54, 1.807) is 26.4 Å².